The number of rotatable bonds is 3. The fraction of sp³-hybridized carbons (Fsp3) is 0.632. The van der Waals surface area contributed by atoms with E-state index in [1.807, 2.05) is 22.7 Å². The summed E-state index contributed by atoms with van der Waals surface area (Å²) in [5, 5.41) is 5.10. The fourth-order valence-corrected chi connectivity index (χ4v) is 4.25. The molecule has 4 rings (SSSR count). The van der Waals surface area contributed by atoms with Gasteiger partial charge in [-0.05, 0) is 30.7 Å². The van der Waals surface area contributed by atoms with E-state index in [1.165, 1.54) is 0 Å². The van der Waals surface area contributed by atoms with Crippen LogP contribution >= 0.6 is 11.8 Å². The zero-order valence-corrected chi connectivity index (χ0v) is 16.0. The van der Waals surface area contributed by atoms with E-state index in [4.69, 9.17) is 4.52 Å². The molecule has 1 aliphatic heterocycles. The maximum atomic E-state index is 13.2. The molecule has 1 saturated heterocycles. The quantitative estimate of drug-likeness (QED) is 0.832. The molecule has 0 spiro atoms. The third-order valence-corrected chi connectivity index (χ3v) is 5.70. The number of thioether (sulfide) groups is 1. The second kappa shape index (κ2) is 6.31. The highest BCUT2D eigenvalue weighted by molar-refractivity contribution is 7.99. The fourth-order valence-electron chi connectivity index (χ4n) is 3.35. The van der Waals surface area contributed by atoms with E-state index in [1.54, 1.807) is 0 Å². The van der Waals surface area contributed by atoms with Crippen LogP contribution in [0.25, 0.3) is 11.1 Å². The van der Waals surface area contributed by atoms with Gasteiger partial charge in [0.15, 0.2) is 0 Å². The number of pyridine rings is 1. The molecule has 1 aliphatic carbocycles. The number of amides is 1. The minimum absolute atomic E-state index is 0.0705. The van der Waals surface area contributed by atoms with Crippen LogP contribution in [0, 0.1) is 5.41 Å². The number of fused-ring (bicyclic) bond motifs is 1. The van der Waals surface area contributed by atoms with Crippen LogP contribution < -0.4 is 0 Å². The molecule has 2 aromatic rings. The number of hydrogen-bond acceptors (Lipinski definition) is 5. The molecule has 6 heteroatoms. The summed E-state index contributed by atoms with van der Waals surface area (Å²) < 4.78 is 5.56. The first-order chi connectivity index (χ1) is 11.9. The van der Waals surface area contributed by atoms with Gasteiger partial charge in [0.25, 0.3) is 11.6 Å². The number of carbonyl (C=O) groups is 1. The summed E-state index contributed by atoms with van der Waals surface area (Å²) in [5.74, 6) is 2.60. The molecule has 0 bridgehead atoms. The largest absolute Gasteiger partial charge is 0.337 e. The van der Waals surface area contributed by atoms with Gasteiger partial charge < -0.3 is 9.42 Å². The van der Waals surface area contributed by atoms with Crippen molar-refractivity contribution in [1.82, 2.24) is 15.0 Å². The summed E-state index contributed by atoms with van der Waals surface area (Å²) in [7, 11) is 0. The molecule has 25 heavy (non-hydrogen) atoms. The van der Waals surface area contributed by atoms with E-state index in [9.17, 15) is 4.79 Å². The van der Waals surface area contributed by atoms with E-state index in [0.717, 1.165) is 66.2 Å². The highest BCUT2D eigenvalue weighted by Gasteiger charge is 2.31. The predicted octanol–water partition coefficient (Wildman–Crippen LogP) is 3.88. The van der Waals surface area contributed by atoms with Gasteiger partial charge in [-0.15, -0.1) is 0 Å². The number of nitrogens with zero attached hydrogens (tertiary/aromatic N) is 3. The molecule has 3 heterocycles. The molecule has 0 unspecified atom stereocenters. The second-order valence-corrected chi connectivity index (χ2v) is 9.55. The van der Waals surface area contributed by atoms with Crippen molar-refractivity contribution in [1.29, 1.82) is 0 Å². The minimum Gasteiger partial charge on any atom is -0.337 e. The summed E-state index contributed by atoms with van der Waals surface area (Å²) in [4.78, 5) is 19.9. The average molecular weight is 359 g/mol. The van der Waals surface area contributed by atoms with Crippen LogP contribution in [0.5, 0.6) is 0 Å². The first-order valence-corrected chi connectivity index (χ1v) is 10.2. The summed E-state index contributed by atoms with van der Waals surface area (Å²) in [6, 6.07) is 2.01. The Hall–Kier alpha value is -1.56. The van der Waals surface area contributed by atoms with Gasteiger partial charge >= 0.3 is 0 Å². The maximum absolute atomic E-state index is 13.2. The zero-order valence-electron chi connectivity index (χ0n) is 15.2. The SMILES string of the molecule is CC(C)(C)Cc1noc2nc(C3CC3)cc(C(=O)N3CCSCC3)c12. The first kappa shape index (κ1) is 16.9. The van der Waals surface area contributed by atoms with Crippen molar-refractivity contribution in [2.45, 2.75) is 46.0 Å². The van der Waals surface area contributed by atoms with Crippen LogP contribution in [0.15, 0.2) is 10.6 Å². The summed E-state index contributed by atoms with van der Waals surface area (Å²) in [6.07, 6.45) is 3.06. The topological polar surface area (TPSA) is 59.2 Å². The van der Waals surface area contributed by atoms with E-state index in [2.05, 4.69) is 30.9 Å². The van der Waals surface area contributed by atoms with Gasteiger partial charge in [-0.1, -0.05) is 25.9 Å². The molecule has 0 atom stereocenters. The lowest BCUT2D eigenvalue weighted by Crippen LogP contribution is -2.38. The van der Waals surface area contributed by atoms with Gasteiger partial charge in [0, 0.05) is 36.2 Å². The molecule has 0 N–H and O–H groups in total. The van der Waals surface area contributed by atoms with E-state index >= 15 is 0 Å². The van der Waals surface area contributed by atoms with Crippen LogP contribution in [0.4, 0.5) is 0 Å². The smallest absolute Gasteiger partial charge is 0.259 e. The normalized spacial score (nSPS) is 18.8. The van der Waals surface area contributed by atoms with Crippen LogP contribution in [-0.2, 0) is 6.42 Å². The van der Waals surface area contributed by atoms with Gasteiger partial charge in [-0.3, -0.25) is 4.79 Å². The molecule has 0 aromatic carbocycles. The highest BCUT2D eigenvalue weighted by Crippen LogP contribution is 2.41. The molecule has 134 valence electrons. The summed E-state index contributed by atoms with van der Waals surface area (Å²) >= 11 is 1.91. The van der Waals surface area contributed by atoms with Gasteiger partial charge in [-0.2, -0.15) is 11.8 Å². The predicted molar refractivity (Wildman–Crippen MR) is 100 cm³/mol. The van der Waals surface area contributed by atoms with E-state index < -0.39 is 0 Å². The molecule has 0 radical (unpaired) electrons. The van der Waals surface area contributed by atoms with E-state index in [0.29, 0.717) is 11.6 Å². The lowest BCUT2D eigenvalue weighted by atomic mass is 9.89. The molecule has 5 nitrogen and oxygen atoms in total. The Morgan fingerprint density at radius 3 is 2.68 bits per heavy atom. The lowest BCUT2D eigenvalue weighted by molar-refractivity contribution is 0.0774. The Kier molecular flexibility index (Phi) is 4.26. The van der Waals surface area contributed by atoms with Crippen molar-refractivity contribution in [2.75, 3.05) is 24.6 Å². The van der Waals surface area contributed by atoms with Crippen LogP contribution in [0.3, 0.4) is 0 Å². The first-order valence-electron chi connectivity index (χ1n) is 9.08. The molecule has 2 fully saturated rings. The Morgan fingerprint density at radius 1 is 1.32 bits per heavy atom. The Balaban J connectivity index is 1.80. The molecule has 2 aliphatic rings. The average Bonchev–Trinajstić information content (AvgIpc) is 3.36. The number of carbonyl (C=O) groups excluding carboxylic acids is 1. The lowest BCUT2D eigenvalue weighted by Gasteiger charge is -2.27. The number of aromatic nitrogens is 2. The Morgan fingerprint density at radius 2 is 2.04 bits per heavy atom. The van der Waals surface area contributed by atoms with E-state index in [-0.39, 0.29) is 11.3 Å². The second-order valence-electron chi connectivity index (χ2n) is 8.32. The number of hydrogen-bond donors (Lipinski definition) is 0. The van der Waals surface area contributed by atoms with Gasteiger partial charge in [0.2, 0.25) is 0 Å². The maximum Gasteiger partial charge on any atom is 0.259 e. The molecule has 1 amide bonds. The Bertz CT molecular complexity index is 799. The molecule has 1 saturated carbocycles. The van der Waals surface area contributed by atoms with Crippen molar-refractivity contribution in [3.63, 3.8) is 0 Å². The van der Waals surface area contributed by atoms with Crippen LogP contribution in [-0.4, -0.2) is 45.5 Å². The van der Waals surface area contributed by atoms with Gasteiger partial charge in [-0.25, -0.2) is 4.98 Å². The standard InChI is InChI=1S/C19H25N3O2S/c1-19(2,3)11-15-16-13(18(23)22-6-8-25-9-7-22)10-14(12-4-5-12)20-17(16)24-21-15/h10,12H,4-9,11H2,1-3H3. The molecular weight excluding hydrogens is 334 g/mol. The minimum atomic E-state index is 0.0705. The Labute approximate surface area is 152 Å². The third kappa shape index (κ3) is 3.54. The van der Waals surface area contributed by atoms with Crippen LogP contribution in [0.1, 0.15) is 61.3 Å². The molecular formula is C19H25N3O2S. The van der Waals surface area contributed by atoms with Crippen molar-refractivity contribution in [3.8, 4) is 0 Å². The van der Waals surface area contributed by atoms with Crippen molar-refractivity contribution < 1.29 is 9.32 Å². The van der Waals surface area contributed by atoms with Gasteiger partial charge in [0.1, 0.15) is 0 Å². The van der Waals surface area contributed by atoms with Crippen molar-refractivity contribution >= 4 is 28.8 Å². The highest BCUT2D eigenvalue weighted by atomic mass is 32.2. The summed E-state index contributed by atoms with van der Waals surface area (Å²) in [5.41, 5.74) is 3.17. The summed E-state index contributed by atoms with van der Waals surface area (Å²) in [6.45, 7) is 8.13. The third-order valence-electron chi connectivity index (χ3n) is 4.76. The molecule has 2 aromatic heterocycles. The monoisotopic (exact) mass is 359 g/mol. The van der Waals surface area contributed by atoms with Crippen molar-refractivity contribution in [3.05, 3.63) is 23.0 Å². The van der Waals surface area contributed by atoms with Crippen molar-refractivity contribution in [2.24, 2.45) is 5.41 Å². The van der Waals surface area contributed by atoms with Crippen LogP contribution in [0.2, 0.25) is 0 Å². The zero-order chi connectivity index (χ0) is 17.6. The van der Waals surface area contributed by atoms with Gasteiger partial charge in [0.05, 0.1) is 16.6 Å².